The van der Waals surface area contributed by atoms with E-state index in [4.69, 9.17) is 9.47 Å². The molecule has 2 aliphatic rings. The minimum atomic E-state index is -1.16. The summed E-state index contributed by atoms with van der Waals surface area (Å²) in [6.07, 6.45) is 2.27. The van der Waals surface area contributed by atoms with Crippen LogP contribution < -0.4 is 0 Å². The number of Topliss-reactive ketones (excluding diaryl/α,β-unsaturated/α-hetero) is 1. The van der Waals surface area contributed by atoms with Crippen LogP contribution >= 0.6 is 0 Å². The molecule has 92 valence electrons. The van der Waals surface area contributed by atoms with E-state index in [-0.39, 0.29) is 18.2 Å². The minimum absolute atomic E-state index is 0.162. The molecule has 0 N–H and O–H groups in total. The fraction of sp³-hybridized carbons (Fsp3) is 0.286. The Kier molecular flexibility index (Phi) is 2.26. The van der Waals surface area contributed by atoms with Gasteiger partial charge in [0.2, 0.25) is 5.78 Å². The Balaban J connectivity index is 2.18. The van der Waals surface area contributed by atoms with Gasteiger partial charge in [0.05, 0.1) is 13.5 Å². The molecule has 1 aromatic rings. The average Bonchev–Trinajstić information content (AvgIpc) is 2.77. The van der Waals surface area contributed by atoms with Gasteiger partial charge in [-0.25, -0.2) is 0 Å². The third-order valence-corrected chi connectivity index (χ3v) is 3.40. The molecule has 0 aromatic heterocycles. The number of carbonyl (C=O) groups is 2. The van der Waals surface area contributed by atoms with Crippen molar-refractivity contribution in [3.05, 3.63) is 41.5 Å². The summed E-state index contributed by atoms with van der Waals surface area (Å²) in [6, 6.07) is 7.20. The number of esters is 1. The maximum Gasteiger partial charge on any atom is 0.307 e. The van der Waals surface area contributed by atoms with E-state index in [9.17, 15) is 9.59 Å². The lowest BCUT2D eigenvalue weighted by molar-refractivity contribution is -0.143. The van der Waals surface area contributed by atoms with Crippen molar-refractivity contribution in [2.24, 2.45) is 0 Å². The minimum Gasteiger partial charge on any atom is -0.496 e. The zero-order valence-electron chi connectivity index (χ0n) is 9.93. The van der Waals surface area contributed by atoms with Gasteiger partial charge < -0.3 is 9.47 Å². The number of hydrogen-bond acceptors (Lipinski definition) is 4. The molecule has 0 bridgehead atoms. The number of methoxy groups -OCH3 is 1. The fourth-order valence-electron chi connectivity index (χ4n) is 2.50. The summed E-state index contributed by atoms with van der Waals surface area (Å²) in [7, 11) is 1.54. The normalized spacial score (nSPS) is 25.7. The number of rotatable bonds is 1. The van der Waals surface area contributed by atoms with E-state index in [2.05, 4.69) is 0 Å². The molecule has 18 heavy (non-hydrogen) atoms. The molecule has 0 radical (unpaired) electrons. The van der Waals surface area contributed by atoms with Crippen LogP contribution in [-0.4, -0.2) is 24.5 Å². The zero-order valence-corrected chi connectivity index (χ0v) is 9.93. The molecule has 1 heterocycles. The Labute approximate surface area is 104 Å². The van der Waals surface area contributed by atoms with Crippen molar-refractivity contribution in [2.75, 3.05) is 7.11 Å². The van der Waals surface area contributed by atoms with Gasteiger partial charge in [-0.3, -0.25) is 9.59 Å². The first-order chi connectivity index (χ1) is 8.66. The summed E-state index contributed by atoms with van der Waals surface area (Å²) < 4.78 is 10.6. The molecule has 3 rings (SSSR count). The second-order valence-corrected chi connectivity index (χ2v) is 4.45. The average molecular weight is 244 g/mol. The number of fused-ring (bicyclic) bond motifs is 1. The van der Waals surface area contributed by atoms with Crippen LogP contribution in [0, 0.1) is 0 Å². The molecule has 0 saturated carbocycles. The number of ether oxygens (including phenoxy) is 2. The van der Waals surface area contributed by atoms with Crippen molar-refractivity contribution in [2.45, 2.75) is 18.4 Å². The van der Waals surface area contributed by atoms with Gasteiger partial charge in [-0.1, -0.05) is 24.3 Å². The molecular weight excluding hydrogens is 232 g/mol. The number of ketones is 1. The number of benzene rings is 1. The van der Waals surface area contributed by atoms with Gasteiger partial charge in [-0.15, -0.1) is 0 Å². The van der Waals surface area contributed by atoms with Gasteiger partial charge in [0.25, 0.3) is 0 Å². The molecule has 0 amide bonds. The van der Waals surface area contributed by atoms with Crippen LogP contribution in [0.2, 0.25) is 0 Å². The molecule has 1 aliphatic carbocycles. The van der Waals surface area contributed by atoms with Crippen LogP contribution in [0.25, 0.3) is 5.76 Å². The molecule has 1 fully saturated rings. The van der Waals surface area contributed by atoms with Crippen LogP contribution in [0.15, 0.2) is 30.3 Å². The molecule has 0 unspecified atom stereocenters. The Bertz CT molecular complexity index is 573. The Hall–Kier alpha value is -2.10. The second kappa shape index (κ2) is 3.70. The van der Waals surface area contributed by atoms with Crippen LogP contribution in [0.1, 0.15) is 28.8 Å². The molecule has 1 spiro atoms. The van der Waals surface area contributed by atoms with Gasteiger partial charge >= 0.3 is 5.97 Å². The van der Waals surface area contributed by atoms with Crippen molar-refractivity contribution in [1.82, 2.24) is 0 Å². The van der Waals surface area contributed by atoms with E-state index in [1.54, 1.807) is 25.3 Å². The zero-order chi connectivity index (χ0) is 12.8. The van der Waals surface area contributed by atoms with E-state index in [1.807, 2.05) is 12.1 Å². The van der Waals surface area contributed by atoms with E-state index in [0.29, 0.717) is 17.7 Å². The van der Waals surface area contributed by atoms with Gasteiger partial charge in [0, 0.05) is 23.6 Å². The Morgan fingerprint density at radius 1 is 1.22 bits per heavy atom. The van der Waals surface area contributed by atoms with Crippen LogP contribution in [0.5, 0.6) is 0 Å². The summed E-state index contributed by atoms with van der Waals surface area (Å²) in [5, 5.41) is 0. The smallest absolute Gasteiger partial charge is 0.307 e. The highest BCUT2D eigenvalue weighted by Crippen LogP contribution is 2.39. The highest BCUT2D eigenvalue weighted by atomic mass is 16.6. The first-order valence-electron chi connectivity index (χ1n) is 5.79. The maximum absolute atomic E-state index is 12.5. The Morgan fingerprint density at radius 3 is 2.56 bits per heavy atom. The van der Waals surface area contributed by atoms with Gasteiger partial charge in [0.1, 0.15) is 5.76 Å². The monoisotopic (exact) mass is 244 g/mol. The largest absolute Gasteiger partial charge is 0.496 e. The van der Waals surface area contributed by atoms with Crippen molar-refractivity contribution in [3.63, 3.8) is 0 Å². The topological polar surface area (TPSA) is 52.6 Å². The molecule has 1 atom stereocenters. The summed E-state index contributed by atoms with van der Waals surface area (Å²) in [5.74, 6) is 0.0825. The molecule has 4 heteroatoms. The number of carbonyl (C=O) groups excluding carboxylic acids is 2. The van der Waals surface area contributed by atoms with Gasteiger partial charge in [0.15, 0.2) is 5.60 Å². The van der Waals surface area contributed by atoms with E-state index in [1.165, 1.54) is 0 Å². The summed E-state index contributed by atoms with van der Waals surface area (Å²) >= 11 is 0. The predicted octanol–water partition coefficient (Wildman–Crippen LogP) is 1.95. The van der Waals surface area contributed by atoms with Crippen molar-refractivity contribution < 1.29 is 19.1 Å². The lowest BCUT2D eigenvalue weighted by atomic mass is 9.82. The maximum atomic E-state index is 12.5. The highest BCUT2D eigenvalue weighted by molar-refractivity contribution is 6.11. The van der Waals surface area contributed by atoms with Gasteiger partial charge in [-0.05, 0) is 0 Å². The van der Waals surface area contributed by atoms with Crippen LogP contribution in [0.4, 0.5) is 0 Å². The fourth-order valence-corrected chi connectivity index (χ4v) is 2.50. The predicted molar refractivity (Wildman–Crippen MR) is 63.8 cm³/mol. The summed E-state index contributed by atoms with van der Waals surface area (Å²) in [4.78, 5) is 23.8. The Morgan fingerprint density at radius 2 is 1.94 bits per heavy atom. The van der Waals surface area contributed by atoms with Crippen molar-refractivity contribution >= 4 is 17.5 Å². The third-order valence-electron chi connectivity index (χ3n) is 3.40. The lowest BCUT2D eigenvalue weighted by Gasteiger charge is -2.29. The van der Waals surface area contributed by atoms with Gasteiger partial charge in [-0.2, -0.15) is 0 Å². The molecule has 1 saturated heterocycles. The molecule has 1 aliphatic heterocycles. The number of hydrogen-bond donors (Lipinski definition) is 0. The first-order valence-corrected chi connectivity index (χ1v) is 5.79. The SMILES string of the molecule is COC1=C[C@]2(CCC(=O)O2)C(=O)c2ccccc21. The first kappa shape index (κ1) is 11.0. The van der Waals surface area contributed by atoms with E-state index >= 15 is 0 Å². The molecular formula is C14H12O4. The van der Waals surface area contributed by atoms with Crippen molar-refractivity contribution in [3.8, 4) is 0 Å². The van der Waals surface area contributed by atoms with E-state index in [0.717, 1.165) is 5.56 Å². The molecule has 4 nitrogen and oxygen atoms in total. The third kappa shape index (κ3) is 1.38. The summed E-state index contributed by atoms with van der Waals surface area (Å²) in [5.41, 5.74) is 0.140. The summed E-state index contributed by atoms with van der Waals surface area (Å²) in [6.45, 7) is 0. The van der Waals surface area contributed by atoms with E-state index < -0.39 is 5.60 Å². The van der Waals surface area contributed by atoms with Crippen LogP contribution in [0.3, 0.4) is 0 Å². The lowest BCUT2D eigenvalue weighted by Crippen LogP contribution is -2.39. The highest BCUT2D eigenvalue weighted by Gasteiger charge is 2.49. The molecule has 1 aromatic carbocycles. The van der Waals surface area contributed by atoms with Crippen molar-refractivity contribution in [1.29, 1.82) is 0 Å². The van der Waals surface area contributed by atoms with Crippen LogP contribution in [-0.2, 0) is 14.3 Å². The second-order valence-electron chi connectivity index (χ2n) is 4.45. The quantitative estimate of drug-likeness (QED) is 0.708. The standard InChI is InChI=1S/C14H12O4/c1-17-11-8-14(7-6-12(15)18-14)13(16)10-5-3-2-4-9(10)11/h2-5,8H,6-7H2,1H3/t14-/m1/s1.